The third-order valence-electron chi connectivity index (χ3n) is 2.26. The van der Waals surface area contributed by atoms with Crippen molar-refractivity contribution in [1.82, 2.24) is 4.90 Å². The fraction of sp³-hybridized carbons (Fsp3) is 0.545. The van der Waals surface area contributed by atoms with E-state index in [1.165, 1.54) is 6.26 Å². The maximum absolute atomic E-state index is 11.3. The molecule has 0 aliphatic heterocycles. The Morgan fingerprint density at radius 1 is 1.47 bits per heavy atom. The quantitative estimate of drug-likeness (QED) is 0.673. The van der Waals surface area contributed by atoms with Crippen LogP contribution < -0.4 is 0 Å². The topological polar surface area (TPSA) is 42.7 Å². The van der Waals surface area contributed by atoms with E-state index in [-0.39, 0.29) is 5.76 Å². The fourth-order valence-corrected chi connectivity index (χ4v) is 1.27. The molecular formula is C11H17NO3. The van der Waals surface area contributed by atoms with E-state index in [1.54, 1.807) is 12.1 Å². The van der Waals surface area contributed by atoms with Gasteiger partial charge in [-0.1, -0.05) is 13.8 Å². The summed E-state index contributed by atoms with van der Waals surface area (Å²) in [6.07, 6.45) is 1.46. The van der Waals surface area contributed by atoms with Crippen LogP contribution >= 0.6 is 0 Å². The first-order valence-electron chi connectivity index (χ1n) is 5.20. The average Bonchev–Trinajstić information content (AvgIpc) is 2.77. The molecule has 0 unspecified atom stereocenters. The molecule has 0 aromatic carbocycles. The van der Waals surface area contributed by atoms with E-state index in [2.05, 4.69) is 18.7 Å². The van der Waals surface area contributed by atoms with E-state index in [0.717, 1.165) is 19.6 Å². The van der Waals surface area contributed by atoms with Crippen molar-refractivity contribution in [1.29, 1.82) is 0 Å². The van der Waals surface area contributed by atoms with Crippen molar-refractivity contribution in [3.63, 3.8) is 0 Å². The Bertz CT molecular complexity index is 278. The van der Waals surface area contributed by atoms with E-state index in [4.69, 9.17) is 9.15 Å². The Morgan fingerprint density at radius 2 is 2.20 bits per heavy atom. The lowest BCUT2D eigenvalue weighted by Crippen LogP contribution is -2.27. The van der Waals surface area contributed by atoms with Gasteiger partial charge in [0.2, 0.25) is 5.76 Å². The lowest BCUT2D eigenvalue weighted by molar-refractivity contribution is 0.0431. The van der Waals surface area contributed by atoms with Crippen LogP contribution in [0.25, 0.3) is 0 Å². The SMILES string of the molecule is CCN(CC)CCOC(=O)c1ccco1. The molecule has 0 amide bonds. The lowest BCUT2D eigenvalue weighted by atomic mass is 10.4. The molecule has 0 fully saturated rings. The standard InChI is InChI=1S/C11H17NO3/c1-3-12(4-2)7-9-15-11(13)10-6-5-8-14-10/h5-6,8H,3-4,7,9H2,1-2H3. The van der Waals surface area contributed by atoms with Gasteiger partial charge in [-0.15, -0.1) is 0 Å². The van der Waals surface area contributed by atoms with Crippen molar-refractivity contribution >= 4 is 5.97 Å². The molecule has 1 aromatic heterocycles. The Balaban J connectivity index is 2.23. The molecule has 84 valence electrons. The molecule has 0 aliphatic carbocycles. The van der Waals surface area contributed by atoms with E-state index in [0.29, 0.717) is 6.61 Å². The molecule has 0 atom stereocenters. The smallest absolute Gasteiger partial charge is 0.374 e. The fourth-order valence-electron chi connectivity index (χ4n) is 1.27. The lowest BCUT2D eigenvalue weighted by Gasteiger charge is -2.17. The van der Waals surface area contributed by atoms with Crippen LogP contribution in [0.15, 0.2) is 22.8 Å². The van der Waals surface area contributed by atoms with Crippen LogP contribution in [0.5, 0.6) is 0 Å². The molecule has 0 saturated heterocycles. The maximum Gasteiger partial charge on any atom is 0.374 e. The number of likely N-dealkylation sites (N-methyl/N-ethyl adjacent to an activating group) is 1. The Morgan fingerprint density at radius 3 is 2.73 bits per heavy atom. The highest BCUT2D eigenvalue weighted by Crippen LogP contribution is 2.02. The van der Waals surface area contributed by atoms with Crippen molar-refractivity contribution in [3.8, 4) is 0 Å². The molecule has 0 radical (unpaired) electrons. The minimum atomic E-state index is -0.396. The van der Waals surface area contributed by atoms with Crippen LogP contribution in [0.2, 0.25) is 0 Å². The monoisotopic (exact) mass is 211 g/mol. The van der Waals surface area contributed by atoms with E-state index >= 15 is 0 Å². The number of nitrogens with zero attached hydrogens (tertiary/aromatic N) is 1. The first-order chi connectivity index (χ1) is 7.27. The Kier molecular flexibility index (Phi) is 4.90. The summed E-state index contributed by atoms with van der Waals surface area (Å²) in [7, 11) is 0. The molecule has 0 N–H and O–H groups in total. The number of hydrogen-bond donors (Lipinski definition) is 0. The minimum Gasteiger partial charge on any atom is -0.458 e. The Labute approximate surface area is 89.8 Å². The van der Waals surface area contributed by atoms with Crippen molar-refractivity contribution in [2.45, 2.75) is 13.8 Å². The summed E-state index contributed by atoms with van der Waals surface area (Å²) in [5, 5.41) is 0. The van der Waals surface area contributed by atoms with Crippen molar-refractivity contribution in [2.24, 2.45) is 0 Å². The zero-order valence-electron chi connectivity index (χ0n) is 9.23. The molecule has 4 heteroatoms. The predicted molar refractivity (Wildman–Crippen MR) is 56.8 cm³/mol. The summed E-state index contributed by atoms with van der Waals surface area (Å²) in [5.41, 5.74) is 0. The zero-order valence-corrected chi connectivity index (χ0v) is 9.23. The molecular weight excluding hydrogens is 194 g/mol. The first kappa shape index (κ1) is 11.8. The van der Waals surface area contributed by atoms with Gasteiger partial charge in [-0.25, -0.2) is 4.79 Å². The van der Waals surface area contributed by atoms with Gasteiger partial charge >= 0.3 is 5.97 Å². The van der Waals surface area contributed by atoms with Crippen molar-refractivity contribution < 1.29 is 13.9 Å². The van der Waals surface area contributed by atoms with Crippen molar-refractivity contribution in [3.05, 3.63) is 24.2 Å². The first-order valence-corrected chi connectivity index (χ1v) is 5.20. The third-order valence-corrected chi connectivity index (χ3v) is 2.26. The minimum absolute atomic E-state index is 0.259. The van der Waals surface area contributed by atoms with E-state index < -0.39 is 5.97 Å². The van der Waals surface area contributed by atoms with Gasteiger partial charge in [-0.2, -0.15) is 0 Å². The van der Waals surface area contributed by atoms with E-state index in [9.17, 15) is 4.79 Å². The summed E-state index contributed by atoms with van der Waals surface area (Å²) < 4.78 is 9.96. The highest BCUT2D eigenvalue weighted by atomic mass is 16.5. The van der Waals surface area contributed by atoms with Gasteiger partial charge in [0.1, 0.15) is 6.61 Å². The number of furan rings is 1. The number of rotatable bonds is 6. The van der Waals surface area contributed by atoms with Gasteiger partial charge in [-0.05, 0) is 25.2 Å². The number of ether oxygens (including phenoxy) is 1. The van der Waals surface area contributed by atoms with Crippen molar-refractivity contribution in [2.75, 3.05) is 26.2 Å². The number of carbonyl (C=O) groups is 1. The number of esters is 1. The van der Waals surface area contributed by atoms with Gasteiger partial charge in [0, 0.05) is 6.54 Å². The highest BCUT2D eigenvalue weighted by Gasteiger charge is 2.09. The molecule has 1 heterocycles. The van der Waals surface area contributed by atoms with Crippen LogP contribution in [0, 0.1) is 0 Å². The maximum atomic E-state index is 11.3. The number of hydrogen-bond acceptors (Lipinski definition) is 4. The molecule has 0 aliphatic rings. The van der Waals surface area contributed by atoms with Gasteiger partial charge in [0.15, 0.2) is 0 Å². The molecule has 0 spiro atoms. The van der Waals surface area contributed by atoms with Crippen LogP contribution in [0.1, 0.15) is 24.4 Å². The second-order valence-electron chi connectivity index (χ2n) is 3.14. The summed E-state index contributed by atoms with van der Waals surface area (Å²) in [6.45, 7) is 7.26. The second-order valence-corrected chi connectivity index (χ2v) is 3.14. The van der Waals surface area contributed by atoms with Crippen LogP contribution in [0.3, 0.4) is 0 Å². The summed E-state index contributed by atoms with van der Waals surface area (Å²) >= 11 is 0. The molecule has 4 nitrogen and oxygen atoms in total. The van der Waals surface area contributed by atoms with Gasteiger partial charge in [-0.3, -0.25) is 0 Å². The summed E-state index contributed by atoms with van der Waals surface area (Å²) in [4.78, 5) is 13.5. The zero-order chi connectivity index (χ0) is 11.1. The second kappa shape index (κ2) is 6.24. The van der Waals surface area contributed by atoms with Crippen LogP contribution in [-0.2, 0) is 4.74 Å². The average molecular weight is 211 g/mol. The molecule has 1 rings (SSSR count). The van der Waals surface area contributed by atoms with E-state index in [1.807, 2.05) is 0 Å². The highest BCUT2D eigenvalue weighted by molar-refractivity contribution is 5.86. The van der Waals surface area contributed by atoms with Crippen LogP contribution in [0.4, 0.5) is 0 Å². The largest absolute Gasteiger partial charge is 0.458 e. The molecule has 1 aromatic rings. The third kappa shape index (κ3) is 3.75. The number of carbonyl (C=O) groups excluding carboxylic acids is 1. The van der Waals surface area contributed by atoms with Gasteiger partial charge < -0.3 is 14.1 Å². The molecule has 15 heavy (non-hydrogen) atoms. The van der Waals surface area contributed by atoms with Crippen LogP contribution in [-0.4, -0.2) is 37.1 Å². The Hall–Kier alpha value is -1.29. The normalized spacial score (nSPS) is 10.6. The molecule has 0 saturated carbocycles. The summed E-state index contributed by atoms with van der Waals surface area (Å²) in [5.74, 6) is -0.137. The summed E-state index contributed by atoms with van der Waals surface area (Å²) in [6, 6.07) is 3.26. The van der Waals surface area contributed by atoms with Gasteiger partial charge in [0.25, 0.3) is 0 Å². The predicted octanol–water partition coefficient (Wildman–Crippen LogP) is 1.78. The molecule has 0 bridgehead atoms. The van der Waals surface area contributed by atoms with Gasteiger partial charge in [0.05, 0.1) is 6.26 Å².